The van der Waals surface area contributed by atoms with Crippen LogP contribution in [-0.4, -0.2) is 21.0 Å². The number of hydrogen-bond donors (Lipinski definition) is 1. The van der Waals surface area contributed by atoms with Crippen LogP contribution >= 0.6 is 0 Å². The molecule has 4 nitrogen and oxygen atoms in total. The Bertz CT molecular complexity index is 350. The van der Waals surface area contributed by atoms with Crippen LogP contribution in [0.3, 0.4) is 0 Å². The van der Waals surface area contributed by atoms with E-state index in [0.29, 0.717) is 12.3 Å². The molecule has 1 heterocycles. The molecule has 0 amide bonds. The van der Waals surface area contributed by atoms with Gasteiger partial charge in [-0.05, 0) is 12.0 Å². The molecule has 0 aliphatic heterocycles. The highest BCUT2D eigenvalue weighted by atomic mass is 16.4. The van der Waals surface area contributed by atoms with Crippen LogP contribution < -0.4 is 0 Å². The van der Waals surface area contributed by atoms with E-state index in [2.05, 4.69) is 9.97 Å². The van der Waals surface area contributed by atoms with Crippen molar-refractivity contribution in [1.29, 1.82) is 0 Å². The molecule has 1 rings (SSSR count). The first kappa shape index (κ1) is 11.6. The van der Waals surface area contributed by atoms with Gasteiger partial charge in [0.15, 0.2) is 0 Å². The van der Waals surface area contributed by atoms with Crippen LogP contribution in [0.2, 0.25) is 0 Å². The van der Waals surface area contributed by atoms with Crippen molar-refractivity contribution in [3.05, 3.63) is 23.8 Å². The molecule has 0 fully saturated rings. The first-order chi connectivity index (χ1) is 7.00. The molecule has 1 atom stereocenters. The number of hydrogen-bond acceptors (Lipinski definition) is 3. The summed E-state index contributed by atoms with van der Waals surface area (Å²) in [4.78, 5) is 18.9. The number of aliphatic carboxylic acids is 1. The van der Waals surface area contributed by atoms with Gasteiger partial charge in [0.05, 0.1) is 5.92 Å². The van der Waals surface area contributed by atoms with Gasteiger partial charge in [-0.2, -0.15) is 0 Å². The van der Waals surface area contributed by atoms with Crippen LogP contribution in [0.1, 0.15) is 38.1 Å². The van der Waals surface area contributed by atoms with Gasteiger partial charge in [-0.25, -0.2) is 9.97 Å². The topological polar surface area (TPSA) is 63.1 Å². The number of aromatic nitrogens is 2. The van der Waals surface area contributed by atoms with Crippen molar-refractivity contribution in [1.82, 2.24) is 9.97 Å². The predicted molar refractivity (Wildman–Crippen MR) is 56.6 cm³/mol. The van der Waals surface area contributed by atoms with Crippen molar-refractivity contribution in [3.8, 4) is 0 Å². The molecular formula is C11H16N2O2. The molecule has 0 spiro atoms. The van der Waals surface area contributed by atoms with Crippen LogP contribution in [0.4, 0.5) is 0 Å². The average molecular weight is 208 g/mol. The lowest BCUT2D eigenvalue weighted by atomic mass is 10.0. The Balaban J connectivity index is 2.78. The molecule has 0 aromatic carbocycles. The van der Waals surface area contributed by atoms with Gasteiger partial charge >= 0.3 is 5.97 Å². The maximum absolute atomic E-state index is 10.7. The Labute approximate surface area is 89.4 Å². The largest absolute Gasteiger partial charge is 0.481 e. The molecule has 0 radical (unpaired) electrons. The Kier molecular flexibility index (Phi) is 3.77. The molecular weight excluding hydrogens is 192 g/mol. The van der Waals surface area contributed by atoms with Gasteiger partial charge in [0.2, 0.25) is 0 Å². The van der Waals surface area contributed by atoms with E-state index < -0.39 is 11.9 Å². The minimum absolute atomic E-state index is 0.340. The molecule has 0 saturated carbocycles. The molecule has 0 bridgehead atoms. The van der Waals surface area contributed by atoms with Crippen LogP contribution in [0, 0.1) is 5.92 Å². The fourth-order valence-corrected chi connectivity index (χ4v) is 1.24. The summed E-state index contributed by atoms with van der Waals surface area (Å²) in [6.07, 6.45) is 1.96. The van der Waals surface area contributed by atoms with Crippen molar-refractivity contribution in [3.63, 3.8) is 0 Å². The quantitative estimate of drug-likeness (QED) is 0.820. The summed E-state index contributed by atoms with van der Waals surface area (Å²) in [6.45, 7) is 5.78. The molecule has 1 unspecified atom stereocenters. The molecule has 0 aliphatic rings. The highest BCUT2D eigenvalue weighted by Gasteiger charge is 2.13. The second-order valence-corrected chi connectivity index (χ2v) is 4.03. The second kappa shape index (κ2) is 4.87. The second-order valence-electron chi connectivity index (χ2n) is 4.03. The standard InChI is InChI=1S/C11H16N2O2/c1-7(2)10-5-9(12-6-13-10)4-8(3)11(14)15/h5-8H,4H2,1-3H3,(H,14,15). The van der Waals surface area contributed by atoms with E-state index in [-0.39, 0.29) is 0 Å². The zero-order valence-corrected chi connectivity index (χ0v) is 9.27. The summed E-state index contributed by atoms with van der Waals surface area (Å²) >= 11 is 0. The van der Waals surface area contributed by atoms with Crippen LogP contribution in [0.5, 0.6) is 0 Å². The average Bonchev–Trinajstić information content (AvgIpc) is 2.18. The highest BCUT2D eigenvalue weighted by molar-refractivity contribution is 5.69. The first-order valence-corrected chi connectivity index (χ1v) is 5.04. The fraction of sp³-hybridized carbons (Fsp3) is 0.545. The van der Waals surface area contributed by atoms with Crippen LogP contribution in [0.25, 0.3) is 0 Å². The lowest BCUT2D eigenvalue weighted by Gasteiger charge is -2.08. The highest BCUT2D eigenvalue weighted by Crippen LogP contribution is 2.13. The Hall–Kier alpha value is -1.45. The Morgan fingerprint density at radius 3 is 2.60 bits per heavy atom. The van der Waals surface area contributed by atoms with Crippen molar-refractivity contribution < 1.29 is 9.90 Å². The molecule has 1 N–H and O–H groups in total. The number of nitrogens with zero attached hydrogens (tertiary/aromatic N) is 2. The van der Waals surface area contributed by atoms with Gasteiger partial charge in [0, 0.05) is 17.8 Å². The van der Waals surface area contributed by atoms with E-state index in [4.69, 9.17) is 5.11 Å². The summed E-state index contributed by atoms with van der Waals surface area (Å²) in [5, 5.41) is 8.78. The first-order valence-electron chi connectivity index (χ1n) is 5.04. The normalized spacial score (nSPS) is 12.8. The number of carboxylic acid groups (broad SMARTS) is 1. The van der Waals surface area contributed by atoms with E-state index in [0.717, 1.165) is 11.4 Å². The van der Waals surface area contributed by atoms with Crippen molar-refractivity contribution in [2.75, 3.05) is 0 Å². The van der Waals surface area contributed by atoms with E-state index >= 15 is 0 Å². The van der Waals surface area contributed by atoms with E-state index in [9.17, 15) is 4.79 Å². The van der Waals surface area contributed by atoms with Gasteiger partial charge < -0.3 is 5.11 Å². The molecule has 0 saturated heterocycles. The zero-order valence-electron chi connectivity index (χ0n) is 9.27. The van der Waals surface area contributed by atoms with Gasteiger partial charge in [-0.1, -0.05) is 20.8 Å². The van der Waals surface area contributed by atoms with Crippen molar-refractivity contribution >= 4 is 5.97 Å². The smallest absolute Gasteiger partial charge is 0.306 e. The lowest BCUT2D eigenvalue weighted by Crippen LogP contribution is -2.13. The van der Waals surface area contributed by atoms with Crippen molar-refractivity contribution in [2.24, 2.45) is 5.92 Å². The van der Waals surface area contributed by atoms with Crippen LogP contribution in [0.15, 0.2) is 12.4 Å². The predicted octanol–water partition coefficient (Wildman–Crippen LogP) is 1.86. The van der Waals surface area contributed by atoms with Crippen molar-refractivity contribution in [2.45, 2.75) is 33.1 Å². The Morgan fingerprint density at radius 2 is 2.07 bits per heavy atom. The fourth-order valence-electron chi connectivity index (χ4n) is 1.24. The molecule has 0 aliphatic carbocycles. The maximum Gasteiger partial charge on any atom is 0.306 e. The molecule has 82 valence electrons. The number of carboxylic acids is 1. The number of rotatable bonds is 4. The maximum atomic E-state index is 10.7. The van der Waals surface area contributed by atoms with E-state index in [1.807, 2.05) is 19.9 Å². The third-order valence-electron chi connectivity index (χ3n) is 2.27. The van der Waals surface area contributed by atoms with Gasteiger partial charge in [0.25, 0.3) is 0 Å². The van der Waals surface area contributed by atoms with Gasteiger partial charge in [0.1, 0.15) is 6.33 Å². The monoisotopic (exact) mass is 208 g/mol. The Morgan fingerprint density at radius 1 is 1.40 bits per heavy atom. The minimum atomic E-state index is -0.792. The summed E-state index contributed by atoms with van der Waals surface area (Å²) in [6, 6.07) is 1.88. The summed E-state index contributed by atoms with van der Waals surface area (Å²) in [7, 11) is 0. The molecule has 4 heteroatoms. The van der Waals surface area contributed by atoms with Gasteiger partial charge in [-0.3, -0.25) is 4.79 Å². The van der Waals surface area contributed by atoms with Gasteiger partial charge in [-0.15, -0.1) is 0 Å². The summed E-state index contributed by atoms with van der Waals surface area (Å²) in [5.74, 6) is -0.855. The molecule has 1 aromatic rings. The molecule has 1 aromatic heterocycles. The van der Waals surface area contributed by atoms with Crippen LogP contribution in [-0.2, 0) is 11.2 Å². The lowest BCUT2D eigenvalue weighted by molar-refractivity contribution is -0.141. The summed E-state index contributed by atoms with van der Waals surface area (Å²) < 4.78 is 0. The van der Waals surface area contributed by atoms with E-state index in [1.54, 1.807) is 6.92 Å². The minimum Gasteiger partial charge on any atom is -0.481 e. The third-order valence-corrected chi connectivity index (χ3v) is 2.27. The third kappa shape index (κ3) is 3.31. The number of carbonyl (C=O) groups is 1. The molecule has 15 heavy (non-hydrogen) atoms. The summed E-state index contributed by atoms with van der Waals surface area (Å²) in [5.41, 5.74) is 1.75. The zero-order chi connectivity index (χ0) is 11.4. The SMILES string of the molecule is CC(Cc1cc(C(C)C)ncn1)C(=O)O. The van der Waals surface area contributed by atoms with E-state index in [1.165, 1.54) is 6.33 Å².